The molecule has 0 amide bonds. The molecule has 4 saturated carbocycles. The number of esters is 1. The van der Waals surface area contributed by atoms with Gasteiger partial charge in [0.25, 0.3) is 0 Å². The second-order valence-corrected chi connectivity index (χ2v) is 17.1. The van der Waals surface area contributed by atoms with Crippen LogP contribution in [0.5, 0.6) is 0 Å². The molecule has 0 radical (unpaired) electrons. The van der Waals surface area contributed by atoms with Crippen LogP contribution in [0, 0.1) is 17.3 Å². The van der Waals surface area contributed by atoms with Crippen LogP contribution in [-0.2, 0) is 36.0 Å². The van der Waals surface area contributed by atoms with Crippen molar-refractivity contribution < 1.29 is 45.2 Å². The van der Waals surface area contributed by atoms with Crippen molar-refractivity contribution in [1.29, 1.82) is 0 Å². The summed E-state index contributed by atoms with van der Waals surface area (Å²) in [4.78, 5) is 14.0. The lowest BCUT2D eigenvalue weighted by Gasteiger charge is -2.58. The molecule has 41 heavy (non-hydrogen) atoms. The molecule has 1 heterocycles. The first-order valence-corrected chi connectivity index (χ1v) is 17.1. The monoisotopic (exact) mass is 624 g/mol. The summed E-state index contributed by atoms with van der Waals surface area (Å²) in [6, 6.07) is 9.35. The lowest BCUT2D eigenvalue weighted by molar-refractivity contribution is -0.201. The second-order valence-electron chi connectivity index (χ2n) is 13.4. The SMILES string of the molecule is CC(C)(C)c1ccc([S+]2CCCC2)cc1.O=C(OCCC(F)(F)C(F)(F)S(=O)(=O)[O-])C12CC3CC(CC(O)(C3)C1)C2. The van der Waals surface area contributed by atoms with Crippen molar-refractivity contribution in [2.45, 2.75) is 106 Å². The average Bonchev–Trinajstić information content (AvgIpc) is 3.36. The maximum atomic E-state index is 13.4. The molecule has 5 fully saturated rings. The highest BCUT2D eigenvalue weighted by Crippen LogP contribution is 2.62. The number of alkyl halides is 4. The van der Waals surface area contributed by atoms with Gasteiger partial charge in [-0.25, -0.2) is 8.42 Å². The van der Waals surface area contributed by atoms with E-state index in [1.165, 1.54) is 29.9 Å². The summed E-state index contributed by atoms with van der Waals surface area (Å²) in [6.45, 7) is 5.69. The number of rotatable bonds is 7. The topological polar surface area (TPSA) is 104 Å². The van der Waals surface area contributed by atoms with Gasteiger partial charge in [0.15, 0.2) is 15.0 Å². The highest BCUT2D eigenvalue weighted by molar-refractivity contribution is 7.97. The first-order chi connectivity index (χ1) is 18.8. The van der Waals surface area contributed by atoms with Crippen molar-refractivity contribution in [3.8, 4) is 0 Å². The van der Waals surface area contributed by atoms with E-state index in [0.29, 0.717) is 36.6 Å². The van der Waals surface area contributed by atoms with E-state index < -0.39 is 51.3 Å². The van der Waals surface area contributed by atoms with E-state index in [4.69, 9.17) is 4.74 Å². The molecule has 1 saturated heterocycles. The summed E-state index contributed by atoms with van der Waals surface area (Å²) in [6.07, 6.45) is 4.15. The van der Waals surface area contributed by atoms with E-state index in [2.05, 4.69) is 45.0 Å². The predicted octanol–water partition coefficient (Wildman–Crippen LogP) is 5.78. The molecule has 1 N–H and O–H groups in total. The third-order valence-corrected chi connectivity index (χ3v) is 12.4. The molecule has 1 aliphatic heterocycles. The fraction of sp³-hybridized carbons (Fsp3) is 0.759. The molecule has 6 rings (SSSR count). The van der Waals surface area contributed by atoms with Crippen LogP contribution in [0.2, 0.25) is 0 Å². The standard InChI is InChI=1S/C15H20F4O6S.C14H21S/c16-14(17,15(18,19)26(22,23)24)1-2-25-11(20)12-4-9-3-10(5-12)7-13(21,6-9)8-12;1-14(2,3)12-6-8-13(9-7-12)15-10-4-5-11-15/h9-10,21H,1-8H2,(H,22,23,24);6-9H,4-5,10-11H2,1-3H3/q;+1/p-1. The smallest absolute Gasteiger partial charge is 0.396 e. The number of carbonyl (C=O) groups is 1. The number of halogens is 4. The minimum Gasteiger partial charge on any atom is -0.743 e. The zero-order valence-corrected chi connectivity index (χ0v) is 25.4. The third-order valence-electron chi connectivity index (χ3n) is 8.94. The van der Waals surface area contributed by atoms with E-state index >= 15 is 0 Å². The zero-order valence-electron chi connectivity index (χ0n) is 23.8. The van der Waals surface area contributed by atoms with Gasteiger partial charge in [0.2, 0.25) is 0 Å². The van der Waals surface area contributed by atoms with Crippen molar-refractivity contribution in [3.05, 3.63) is 29.8 Å². The molecule has 0 spiro atoms. The molecule has 2 unspecified atom stereocenters. The molecule has 0 aromatic heterocycles. The van der Waals surface area contributed by atoms with Crippen molar-refractivity contribution in [2.75, 3.05) is 18.1 Å². The van der Waals surface area contributed by atoms with Crippen molar-refractivity contribution >= 4 is 27.0 Å². The van der Waals surface area contributed by atoms with Gasteiger partial charge in [0, 0.05) is 10.9 Å². The number of hydrogen-bond acceptors (Lipinski definition) is 6. The fourth-order valence-corrected chi connectivity index (χ4v) is 10.0. The molecule has 6 nitrogen and oxygen atoms in total. The summed E-state index contributed by atoms with van der Waals surface area (Å²) >= 11 is 0. The number of hydrogen-bond donors (Lipinski definition) is 1. The highest BCUT2D eigenvalue weighted by atomic mass is 32.2. The van der Waals surface area contributed by atoms with E-state index in [0.717, 1.165) is 6.42 Å². The molecule has 1 aromatic carbocycles. The lowest BCUT2D eigenvalue weighted by atomic mass is 9.48. The Bertz CT molecular complexity index is 1190. The summed E-state index contributed by atoms with van der Waals surface area (Å²) in [5.74, 6) is -2.89. The molecule has 4 bridgehead atoms. The Kier molecular flexibility index (Phi) is 8.95. The highest BCUT2D eigenvalue weighted by Gasteiger charge is 2.63. The van der Waals surface area contributed by atoms with Crippen LogP contribution in [-0.4, -0.2) is 58.9 Å². The van der Waals surface area contributed by atoms with E-state index in [1.54, 1.807) is 4.90 Å². The summed E-state index contributed by atoms with van der Waals surface area (Å²) < 4.78 is 88.7. The molecule has 4 aliphatic carbocycles. The molecule has 232 valence electrons. The Morgan fingerprint density at radius 2 is 1.56 bits per heavy atom. The fourth-order valence-electron chi connectivity index (χ4n) is 7.24. The van der Waals surface area contributed by atoms with Crippen LogP contribution in [0.3, 0.4) is 0 Å². The van der Waals surface area contributed by atoms with Gasteiger partial charge >= 0.3 is 17.1 Å². The van der Waals surface area contributed by atoms with Crippen molar-refractivity contribution in [2.24, 2.45) is 17.3 Å². The van der Waals surface area contributed by atoms with Gasteiger partial charge in [0.1, 0.15) is 11.5 Å². The van der Waals surface area contributed by atoms with Gasteiger partial charge in [-0.3, -0.25) is 4.79 Å². The van der Waals surface area contributed by atoms with Crippen LogP contribution in [0.15, 0.2) is 29.2 Å². The van der Waals surface area contributed by atoms with Crippen LogP contribution in [0.25, 0.3) is 0 Å². The Hall–Kier alpha value is -1.37. The summed E-state index contributed by atoms with van der Waals surface area (Å²) in [7, 11) is -5.99. The number of ether oxygens (including phenoxy) is 1. The predicted molar refractivity (Wildman–Crippen MR) is 147 cm³/mol. The third kappa shape index (κ3) is 6.91. The van der Waals surface area contributed by atoms with E-state index in [-0.39, 0.29) is 23.7 Å². The Labute approximate surface area is 242 Å². The van der Waals surface area contributed by atoms with Crippen LogP contribution >= 0.6 is 0 Å². The maximum Gasteiger partial charge on any atom is 0.396 e. The largest absolute Gasteiger partial charge is 0.743 e. The molecule has 2 atom stereocenters. The Morgan fingerprint density at radius 1 is 1.02 bits per heavy atom. The Balaban J connectivity index is 0.000000218. The molecular formula is C29H40F4O6S2. The molecule has 12 heteroatoms. The van der Waals surface area contributed by atoms with Gasteiger partial charge in [0.05, 0.1) is 24.0 Å². The number of aliphatic hydroxyl groups is 1. The summed E-state index contributed by atoms with van der Waals surface area (Å²) in [5, 5.41) is 4.75. The first kappa shape index (κ1) is 32.5. The average molecular weight is 625 g/mol. The van der Waals surface area contributed by atoms with Gasteiger partial charge < -0.3 is 14.4 Å². The van der Waals surface area contributed by atoms with Crippen LogP contribution in [0.4, 0.5) is 17.6 Å². The summed E-state index contributed by atoms with van der Waals surface area (Å²) in [5.41, 5.74) is -0.260. The zero-order chi connectivity index (χ0) is 30.5. The number of benzene rings is 1. The van der Waals surface area contributed by atoms with E-state index in [9.17, 15) is 40.4 Å². The van der Waals surface area contributed by atoms with Gasteiger partial charge in [-0.15, -0.1) is 0 Å². The lowest BCUT2D eigenvalue weighted by Crippen LogP contribution is -2.58. The van der Waals surface area contributed by atoms with Crippen molar-refractivity contribution in [1.82, 2.24) is 0 Å². The minimum atomic E-state index is -6.56. The first-order valence-electron chi connectivity index (χ1n) is 14.2. The molecule has 1 aromatic rings. The second kappa shape index (κ2) is 11.3. The van der Waals surface area contributed by atoms with Gasteiger partial charge in [-0.2, -0.15) is 17.6 Å². The van der Waals surface area contributed by atoms with Crippen LogP contribution < -0.4 is 0 Å². The number of carbonyl (C=O) groups excluding carboxylic acids is 1. The maximum absolute atomic E-state index is 13.4. The van der Waals surface area contributed by atoms with Crippen molar-refractivity contribution in [3.63, 3.8) is 0 Å². The van der Waals surface area contributed by atoms with E-state index in [1.807, 2.05) is 0 Å². The molecule has 5 aliphatic rings. The quantitative estimate of drug-likeness (QED) is 0.179. The van der Waals surface area contributed by atoms with Crippen LogP contribution in [0.1, 0.15) is 84.1 Å². The molecular weight excluding hydrogens is 584 g/mol. The van der Waals surface area contributed by atoms with Gasteiger partial charge in [-0.05, 0) is 86.3 Å². The minimum absolute atomic E-state index is 0.130. The van der Waals surface area contributed by atoms with Gasteiger partial charge in [-0.1, -0.05) is 32.9 Å². The Morgan fingerprint density at radius 3 is 2.02 bits per heavy atom. The normalized spacial score (nSPS) is 30.2.